The fourth-order valence-corrected chi connectivity index (χ4v) is 3.86. The van der Waals surface area contributed by atoms with Gasteiger partial charge in [-0.15, -0.1) is 0 Å². The van der Waals surface area contributed by atoms with E-state index >= 15 is 0 Å². The number of likely N-dealkylation sites (N-methyl/N-ethyl adjacent to an activating group) is 2. The third kappa shape index (κ3) is 5.98. The van der Waals surface area contributed by atoms with Crippen LogP contribution in [0.4, 0.5) is 11.4 Å². The van der Waals surface area contributed by atoms with Gasteiger partial charge in [-0.25, -0.2) is 9.97 Å². The zero-order valence-electron chi connectivity index (χ0n) is 18.0. The Hall–Kier alpha value is -2.59. The minimum atomic E-state index is -0.403. The van der Waals surface area contributed by atoms with Crippen molar-refractivity contribution in [2.75, 3.05) is 52.2 Å². The standard InChI is InChI=1S/C21H27BrN6O3/c1-25(2)8-9-26(3)19-11-16(4-5-18(19)28(30)31)21(29)27-7-6-15(14-27)10-20-23-12-17(22)13-24-20/h4-5,11-13,15H,6-10,14H2,1-3H3/t15-/m0/s1. The molecule has 0 saturated carbocycles. The van der Waals surface area contributed by atoms with E-state index < -0.39 is 4.92 Å². The van der Waals surface area contributed by atoms with Gasteiger partial charge in [-0.2, -0.15) is 0 Å². The molecular weight excluding hydrogens is 464 g/mol. The molecule has 2 aromatic rings. The number of halogens is 1. The Kier molecular flexibility index (Phi) is 7.55. The normalized spacial score (nSPS) is 16.0. The van der Waals surface area contributed by atoms with Crippen molar-refractivity contribution in [3.05, 3.63) is 56.6 Å². The summed E-state index contributed by atoms with van der Waals surface area (Å²) >= 11 is 3.33. The topological polar surface area (TPSA) is 95.7 Å². The summed E-state index contributed by atoms with van der Waals surface area (Å²) in [6.45, 7) is 2.64. The van der Waals surface area contributed by atoms with Gasteiger partial charge in [0.2, 0.25) is 0 Å². The molecule has 9 nitrogen and oxygen atoms in total. The third-order valence-electron chi connectivity index (χ3n) is 5.43. The molecule has 0 radical (unpaired) electrons. The highest BCUT2D eigenvalue weighted by Crippen LogP contribution is 2.30. The summed E-state index contributed by atoms with van der Waals surface area (Å²) in [5, 5.41) is 11.5. The Morgan fingerprint density at radius 2 is 1.97 bits per heavy atom. The molecule has 1 atom stereocenters. The van der Waals surface area contributed by atoms with Crippen LogP contribution in [0.1, 0.15) is 22.6 Å². The van der Waals surface area contributed by atoms with E-state index in [0.29, 0.717) is 36.8 Å². The van der Waals surface area contributed by atoms with Crippen molar-refractivity contribution in [2.45, 2.75) is 12.8 Å². The van der Waals surface area contributed by atoms with E-state index in [0.717, 1.165) is 29.7 Å². The van der Waals surface area contributed by atoms with Crippen LogP contribution in [0, 0.1) is 16.0 Å². The number of carbonyl (C=O) groups excluding carboxylic acids is 1. The van der Waals surface area contributed by atoms with Gasteiger partial charge < -0.3 is 14.7 Å². The van der Waals surface area contributed by atoms with E-state index in [1.54, 1.807) is 24.5 Å². The molecule has 1 fully saturated rings. The van der Waals surface area contributed by atoms with Crippen LogP contribution < -0.4 is 4.90 Å². The number of benzene rings is 1. The molecule has 0 N–H and O–H groups in total. The van der Waals surface area contributed by atoms with Crippen LogP contribution in [0.15, 0.2) is 35.1 Å². The van der Waals surface area contributed by atoms with Crippen molar-refractivity contribution in [1.29, 1.82) is 0 Å². The lowest BCUT2D eigenvalue weighted by atomic mass is 10.0. The van der Waals surface area contributed by atoms with Gasteiger partial charge in [0.25, 0.3) is 11.6 Å². The second-order valence-electron chi connectivity index (χ2n) is 8.11. The van der Waals surface area contributed by atoms with E-state index in [1.807, 2.05) is 35.8 Å². The van der Waals surface area contributed by atoms with Crippen molar-refractivity contribution < 1.29 is 9.72 Å². The molecule has 2 heterocycles. The van der Waals surface area contributed by atoms with Crippen LogP contribution in [0.5, 0.6) is 0 Å². The largest absolute Gasteiger partial charge is 0.368 e. The number of anilines is 1. The number of amides is 1. The number of nitrogens with zero attached hydrogens (tertiary/aromatic N) is 6. The van der Waals surface area contributed by atoms with Crippen molar-refractivity contribution in [2.24, 2.45) is 5.92 Å². The highest BCUT2D eigenvalue weighted by molar-refractivity contribution is 9.10. The third-order valence-corrected chi connectivity index (χ3v) is 5.84. The van der Waals surface area contributed by atoms with E-state index in [9.17, 15) is 14.9 Å². The molecule has 1 aromatic heterocycles. The van der Waals surface area contributed by atoms with Crippen LogP contribution in [0.25, 0.3) is 0 Å². The van der Waals surface area contributed by atoms with Gasteiger partial charge in [0, 0.05) is 63.7 Å². The molecule has 0 bridgehead atoms. The van der Waals surface area contributed by atoms with E-state index in [2.05, 4.69) is 25.9 Å². The lowest BCUT2D eigenvalue weighted by molar-refractivity contribution is -0.384. The van der Waals surface area contributed by atoms with Crippen LogP contribution in [0.3, 0.4) is 0 Å². The lowest BCUT2D eigenvalue weighted by Gasteiger charge is -2.23. The summed E-state index contributed by atoms with van der Waals surface area (Å²) in [4.78, 5) is 38.5. The van der Waals surface area contributed by atoms with E-state index in [1.165, 1.54) is 6.07 Å². The molecule has 1 saturated heterocycles. The summed E-state index contributed by atoms with van der Waals surface area (Å²) in [6, 6.07) is 4.62. The predicted octanol–water partition coefficient (Wildman–Crippen LogP) is 2.85. The van der Waals surface area contributed by atoms with Gasteiger partial charge in [0.1, 0.15) is 11.5 Å². The highest BCUT2D eigenvalue weighted by atomic mass is 79.9. The number of likely N-dealkylation sites (tertiary alicyclic amines) is 1. The monoisotopic (exact) mass is 490 g/mol. The molecule has 1 amide bonds. The minimum Gasteiger partial charge on any atom is -0.368 e. The maximum atomic E-state index is 13.1. The molecule has 31 heavy (non-hydrogen) atoms. The smallest absolute Gasteiger partial charge is 0.292 e. The molecule has 0 unspecified atom stereocenters. The van der Waals surface area contributed by atoms with Crippen LogP contribution >= 0.6 is 15.9 Å². The molecule has 1 aromatic carbocycles. The Bertz CT molecular complexity index is 937. The Morgan fingerprint density at radius 3 is 2.61 bits per heavy atom. The number of aromatic nitrogens is 2. The second-order valence-corrected chi connectivity index (χ2v) is 9.03. The number of rotatable bonds is 8. The van der Waals surface area contributed by atoms with Gasteiger partial charge in [-0.3, -0.25) is 14.9 Å². The van der Waals surface area contributed by atoms with Gasteiger partial charge in [0.15, 0.2) is 0 Å². The Morgan fingerprint density at radius 1 is 1.26 bits per heavy atom. The SMILES string of the molecule is CN(C)CCN(C)c1cc(C(=O)N2CC[C@@H](Cc3ncc(Br)cn3)C2)ccc1[N+](=O)[O-]. The zero-order chi connectivity index (χ0) is 22.5. The quantitative estimate of drug-likeness (QED) is 0.414. The average Bonchev–Trinajstić information content (AvgIpc) is 3.21. The van der Waals surface area contributed by atoms with Gasteiger partial charge in [-0.05, 0) is 54.5 Å². The summed E-state index contributed by atoms with van der Waals surface area (Å²) < 4.78 is 0.837. The molecule has 1 aliphatic rings. The Balaban J connectivity index is 1.71. The van der Waals surface area contributed by atoms with Crippen molar-refractivity contribution in [3.63, 3.8) is 0 Å². The zero-order valence-corrected chi connectivity index (χ0v) is 19.6. The first-order valence-electron chi connectivity index (χ1n) is 10.1. The first-order chi connectivity index (χ1) is 14.7. The average molecular weight is 491 g/mol. The number of nitro benzene ring substituents is 1. The highest BCUT2D eigenvalue weighted by Gasteiger charge is 2.29. The van der Waals surface area contributed by atoms with Gasteiger partial charge in [-0.1, -0.05) is 0 Å². The number of carbonyl (C=O) groups is 1. The van der Waals surface area contributed by atoms with Crippen molar-refractivity contribution in [3.8, 4) is 0 Å². The first kappa shape index (κ1) is 23.1. The predicted molar refractivity (Wildman–Crippen MR) is 122 cm³/mol. The summed E-state index contributed by atoms with van der Waals surface area (Å²) in [7, 11) is 5.71. The number of hydrogen-bond acceptors (Lipinski definition) is 7. The fraction of sp³-hybridized carbons (Fsp3) is 0.476. The molecule has 0 aliphatic carbocycles. The number of hydrogen-bond donors (Lipinski definition) is 0. The maximum absolute atomic E-state index is 13.1. The van der Waals surface area contributed by atoms with Gasteiger partial charge >= 0.3 is 0 Å². The maximum Gasteiger partial charge on any atom is 0.292 e. The number of nitro groups is 1. The molecule has 10 heteroatoms. The van der Waals surface area contributed by atoms with Crippen LogP contribution in [-0.2, 0) is 6.42 Å². The van der Waals surface area contributed by atoms with E-state index in [-0.39, 0.29) is 11.6 Å². The molecule has 0 spiro atoms. The van der Waals surface area contributed by atoms with Crippen molar-refractivity contribution in [1.82, 2.24) is 19.8 Å². The molecule has 3 rings (SSSR count). The Labute approximate surface area is 190 Å². The van der Waals surface area contributed by atoms with Crippen LogP contribution in [0.2, 0.25) is 0 Å². The molecule has 1 aliphatic heterocycles. The summed E-state index contributed by atoms with van der Waals surface area (Å²) in [5.41, 5.74) is 0.930. The first-order valence-corrected chi connectivity index (χ1v) is 10.9. The van der Waals surface area contributed by atoms with Gasteiger partial charge in [0.05, 0.1) is 9.40 Å². The lowest BCUT2D eigenvalue weighted by Crippen LogP contribution is -2.31. The molecular formula is C21H27BrN6O3. The summed E-state index contributed by atoms with van der Waals surface area (Å²) in [5.74, 6) is 0.962. The second kappa shape index (κ2) is 10.1. The van der Waals surface area contributed by atoms with Crippen molar-refractivity contribution >= 4 is 33.2 Å². The summed E-state index contributed by atoms with van der Waals surface area (Å²) in [6.07, 6.45) is 5.06. The van der Waals surface area contributed by atoms with E-state index in [4.69, 9.17) is 0 Å². The minimum absolute atomic E-state index is 0.00416. The molecule has 166 valence electrons. The fourth-order valence-electron chi connectivity index (χ4n) is 3.66. The van der Waals surface area contributed by atoms with Crippen LogP contribution in [-0.4, -0.2) is 77.9 Å².